The number of carbonyl (C=O) groups excluding carboxylic acids is 1. The van der Waals surface area contributed by atoms with Crippen LogP contribution in [0.1, 0.15) is 23.7 Å². The van der Waals surface area contributed by atoms with Crippen LogP contribution in [0.2, 0.25) is 5.02 Å². The summed E-state index contributed by atoms with van der Waals surface area (Å²) in [5, 5.41) is 7.58. The van der Waals surface area contributed by atoms with Crippen molar-refractivity contribution in [1.29, 1.82) is 0 Å². The van der Waals surface area contributed by atoms with E-state index in [1.807, 2.05) is 49.4 Å². The van der Waals surface area contributed by atoms with Crippen LogP contribution in [-0.2, 0) is 0 Å². The first kappa shape index (κ1) is 19.8. The Morgan fingerprint density at radius 3 is 2.73 bits per heavy atom. The first-order valence-electron chi connectivity index (χ1n) is 9.67. The van der Waals surface area contributed by atoms with Gasteiger partial charge in [-0.15, -0.1) is 0 Å². The zero-order valence-corrected chi connectivity index (χ0v) is 17.1. The predicted molar refractivity (Wildman–Crippen MR) is 120 cm³/mol. The maximum Gasteiger partial charge on any atom is 0.253 e. The fourth-order valence-electron chi connectivity index (χ4n) is 3.07. The summed E-state index contributed by atoms with van der Waals surface area (Å²) in [7, 11) is 0. The Labute approximate surface area is 179 Å². The number of hydrogen-bond donors (Lipinski definition) is 2. The summed E-state index contributed by atoms with van der Waals surface area (Å²) in [5.41, 5.74) is 2.74. The van der Waals surface area contributed by atoms with Crippen LogP contribution in [0.5, 0.6) is 0 Å². The van der Waals surface area contributed by atoms with Crippen molar-refractivity contribution in [2.45, 2.75) is 13.3 Å². The van der Waals surface area contributed by atoms with E-state index in [1.165, 1.54) is 0 Å². The molecule has 30 heavy (non-hydrogen) atoms. The van der Waals surface area contributed by atoms with Gasteiger partial charge in [0.05, 0.1) is 16.8 Å². The van der Waals surface area contributed by atoms with Crippen LogP contribution in [0.15, 0.2) is 67.0 Å². The lowest BCUT2D eigenvalue weighted by molar-refractivity contribution is 0.0954. The van der Waals surface area contributed by atoms with Gasteiger partial charge in [-0.2, -0.15) is 0 Å². The zero-order chi connectivity index (χ0) is 20.9. The van der Waals surface area contributed by atoms with Gasteiger partial charge in [-0.05, 0) is 48.9 Å². The molecular weight excluding hydrogens is 398 g/mol. The third-order valence-electron chi connectivity index (χ3n) is 4.54. The lowest BCUT2D eigenvalue weighted by Crippen LogP contribution is -2.24. The van der Waals surface area contributed by atoms with Crippen LogP contribution in [0.3, 0.4) is 0 Å². The molecule has 0 saturated heterocycles. The second-order valence-corrected chi connectivity index (χ2v) is 7.16. The molecule has 0 spiro atoms. The molecule has 2 aromatic carbocycles. The molecule has 4 rings (SSSR count). The minimum Gasteiger partial charge on any atom is -0.352 e. The van der Waals surface area contributed by atoms with Gasteiger partial charge >= 0.3 is 0 Å². The lowest BCUT2D eigenvalue weighted by Gasteiger charge is -2.14. The van der Waals surface area contributed by atoms with E-state index >= 15 is 0 Å². The molecule has 0 atom stereocenters. The molecule has 0 radical (unpaired) electrons. The molecule has 2 N–H and O–H groups in total. The molecule has 0 saturated carbocycles. The average molecular weight is 418 g/mol. The van der Waals surface area contributed by atoms with Gasteiger partial charge in [0.25, 0.3) is 5.91 Å². The van der Waals surface area contributed by atoms with Crippen molar-refractivity contribution in [1.82, 2.24) is 20.3 Å². The van der Waals surface area contributed by atoms with Gasteiger partial charge in [0.2, 0.25) is 0 Å². The van der Waals surface area contributed by atoms with Crippen LogP contribution in [0.25, 0.3) is 22.3 Å². The van der Waals surface area contributed by atoms with E-state index in [4.69, 9.17) is 16.6 Å². The van der Waals surface area contributed by atoms with Crippen LogP contribution >= 0.6 is 11.6 Å². The summed E-state index contributed by atoms with van der Waals surface area (Å²) >= 11 is 6.23. The smallest absolute Gasteiger partial charge is 0.253 e. The first-order valence-corrected chi connectivity index (χ1v) is 10.1. The minimum atomic E-state index is -0.135. The van der Waals surface area contributed by atoms with Crippen LogP contribution in [0, 0.1) is 0 Å². The number of amides is 1. The van der Waals surface area contributed by atoms with Crippen molar-refractivity contribution in [2.24, 2.45) is 0 Å². The number of rotatable bonds is 6. The van der Waals surface area contributed by atoms with Gasteiger partial charge in [0, 0.05) is 34.9 Å². The highest BCUT2D eigenvalue weighted by Crippen LogP contribution is 2.30. The quantitative estimate of drug-likeness (QED) is 0.449. The summed E-state index contributed by atoms with van der Waals surface area (Å²) < 4.78 is 0. The lowest BCUT2D eigenvalue weighted by atomic mass is 10.1. The van der Waals surface area contributed by atoms with Gasteiger partial charge in [-0.3, -0.25) is 9.78 Å². The average Bonchev–Trinajstić information content (AvgIpc) is 2.78. The molecule has 2 heterocycles. The number of nitrogens with zero attached hydrogens (tertiary/aromatic N) is 3. The molecule has 0 bridgehead atoms. The Morgan fingerprint density at radius 2 is 1.93 bits per heavy atom. The first-order chi connectivity index (χ1) is 14.7. The van der Waals surface area contributed by atoms with Gasteiger partial charge in [-0.1, -0.05) is 30.7 Å². The number of pyridine rings is 1. The summed E-state index contributed by atoms with van der Waals surface area (Å²) in [6, 6.07) is 16.5. The normalized spacial score (nSPS) is 10.7. The number of aromatic nitrogens is 3. The number of benzene rings is 2. The molecule has 4 aromatic rings. The summed E-state index contributed by atoms with van der Waals surface area (Å²) in [6.07, 6.45) is 4.28. The fourth-order valence-corrected chi connectivity index (χ4v) is 3.24. The molecule has 150 valence electrons. The van der Waals surface area contributed by atoms with Crippen molar-refractivity contribution in [2.75, 3.05) is 11.9 Å². The van der Waals surface area contributed by atoms with E-state index in [0.717, 1.165) is 22.9 Å². The van der Waals surface area contributed by atoms with Crippen LogP contribution < -0.4 is 10.6 Å². The van der Waals surface area contributed by atoms with Crippen molar-refractivity contribution < 1.29 is 4.79 Å². The van der Waals surface area contributed by atoms with Gasteiger partial charge in [0.15, 0.2) is 5.82 Å². The SMILES string of the molecule is CCCNC(=O)c1ccccc1Nc1nc(-c2cccnc2)nc2ccc(Cl)cc12. The van der Waals surface area contributed by atoms with Crippen LogP contribution in [-0.4, -0.2) is 27.4 Å². The monoisotopic (exact) mass is 417 g/mol. The van der Waals surface area contributed by atoms with E-state index in [9.17, 15) is 4.79 Å². The molecule has 0 aliphatic rings. The van der Waals surface area contributed by atoms with Crippen LogP contribution in [0.4, 0.5) is 11.5 Å². The second-order valence-electron chi connectivity index (χ2n) is 6.73. The third kappa shape index (κ3) is 4.23. The highest BCUT2D eigenvalue weighted by atomic mass is 35.5. The Balaban J connectivity index is 1.81. The minimum absolute atomic E-state index is 0.135. The number of anilines is 2. The zero-order valence-electron chi connectivity index (χ0n) is 16.4. The molecule has 7 heteroatoms. The largest absolute Gasteiger partial charge is 0.352 e. The van der Waals surface area contributed by atoms with E-state index in [2.05, 4.69) is 20.6 Å². The van der Waals surface area contributed by atoms with Gasteiger partial charge in [-0.25, -0.2) is 9.97 Å². The predicted octanol–water partition coefficient (Wildman–Crippen LogP) is 5.23. The number of fused-ring (bicyclic) bond motifs is 1. The summed E-state index contributed by atoms with van der Waals surface area (Å²) in [6.45, 7) is 2.63. The Kier molecular flexibility index (Phi) is 5.86. The van der Waals surface area contributed by atoms with E-state index in [1.54, 1.807) is 24.5 Å². The Morgan fingerprint density at radius 1 is 1.07 bits per heavy atom. The van der Waals surface area contributed by atoms with Crippen molar-refractivity contribution in [3.05, 3.63) is 77.6 Å². The van der Waals surface area contributed by atoms with E-state index < -0.39 is 0 Å². The highest BCUT2D eigenvalue weighted by Gasteiger charge is 2.15. The number of carbonyl (C=O) groups is 1. The number of para-hydroxylation sites is 1. The molecule has 0 aliphatic carbocycles. The molecule has 0 aliphatic heterocycles. The van der Waals surface area contributed by atoms with Crippen molar-refractivity contribution in [3.63, 3.8) is 0 Å². The van der Waals surface area contributed by atoms with Crippen molar-refractivity contribution >= 4 is 39.9 Å². The van der Waals surface area contributed by atoms with Crippen molar-refractivity contribution in [3.8, 4) is 11.4 Å². The molecule has 0 unspecified atom stereocenters. The second kappa shape index (κ2) is 8.88. The van der Waals surface area contributed by atoms with E-state index in [0.29, 0.717) is 34.5 Å². The number of nitrogens with one attached hydrogen (secondary N) is 2. The molecule has 6 nitrogen and oxygen atoms in total. The highest BCUT2D eigenvalue weighted by molar-refractivity contribution is 6.31. The topological polar surface area (TPSA) is 79.8 Å². The maximum absolute atomic E-state index is 12.6. The maximum atomic E-state index is 12.6. The summed E-state index contributed by atoms with van der Waals surface area (Å²) in [5.74, 6) is 0.967. The Bertz CT molecular complexity index is 1200. The summed E-state index contributed by atoms with van der Waals surface area (Å²) in [4.78, 5) is 26.1. The standard InChI is InChI=1S/C23H20ClN5O/c1-2-11-26-23(30)17-7-3-4-8-19(17)28-22-18-13-16(24)9-10-20(18)27-21(29-22)15-6-5-12-25-14-15/h3-10,12-14H,2,11H2,1H3,(H,26,30)(H,27,28,29). The molecule has 0 fully saturated rings. The van der Waals surface area contributed by atoms with Gasteiger partial charge in [0.1, 0.15) is 5.82 Å². The fraction of sp³-hybridized carbons (Fsp3) is 0.130. The molecule has 1 amide bonds. The third-order valence-corrected chi connectivity index (χ3v) is 4.77. The Hall–Kier alpha value is -3.51. The number of hydrogen-bond acceptors (Lipinski definition) is 5. The van der Waals surface area contributed by atoms with E-state index in [-0.39, 0.29) is 5.91 Å². The molecular formula is C23H20ClN5O. The molecule has 2 aromatic heterocycles. The van der Waals surface area contributed by atoms with Gasteiger partial charge < -0.3 is 10.6 Å². The number of halogens is 1.